The van der Waals surface area contributed by atoms with E-state index >= 15 is 0 Å². The quantitative estimate of drug-likeness (QED) is 0.775. The molecule has 0 aliphatic rings. The molecule has 0 radical (unpaired) electrons. The second kappa shape index (κ2) is 6.04. The van der Waals surface area contributed by atoms with E-state index in [2.05, 4.69) is 53.6 Å². The van der Waals surface area contributed by atoms with Crippen LogP contribution < -0.4 is 11.1 Å². The molecule has 0 spiro atoms. The fraction of sp³-hybridized carbons (Fsp3) is 0.167. The third-order valence-corrected chi connectivity index (χ3v) is 3.51. The number of hydrogen-bond acceptors (Lipinski definition) is 4. The molecule has 5 nitrogen and oxygen atoms in total. The lowest BCUT2D eigenvalue weighted by Gasteiger charge is -2.10. The molecule has 0 bridgehead atoms. The summed E-state index contributed by atoms with van der Waals surface area (Å²) in [6.45, 7) is 4.21. The molecular formula is C18H18N4O. The van der Waals surface area contributed by atoms with Crippen molar-refractivity contribution in [3.05, 3.63) is 54.2 Å². The van der Waals surface area contributed by atoms with E-state index in [1.54, 1.807) is 6.07 Å². The molecule has 23 heavy (non-hydrogen) atoms. The molecular weight excluding hydrogens is 288 g/mol. The molecule has 3 aromatic rings. The molecule has 116 valence electrons. The van der Waals surface area contributed by atoms with Gasteiger partial charge in [-0.15, -0.1) is 10.2 Å². The van der Waals surface area contributed by atoms with Crippen LogP contribution in [-0.2, 0) is 0 Å². The molecule has 0 saturated heterocycles. The summed E-state index contributed by atoms with van der Waals surface area (Å²) in [5, 5.41) is 12.0. The molecule has 0 unspecified atom stereocenters. The Morgan fingerprint density at radius 2 is 1.70 bits per heavy atom. The van der Waals surface area contributed by atoms with Crippen LogP contribution in [0.1, 0.15) is 24.3 Å². The first kappa shape index (κ1) is 15.0. The molecule has 1 heterocycles. The van der Waals surface area contributed by atoms with Gasteiger partial charge < -0.3 is 11.1 Å². The summed E-state index contributed by atoms with van der Waals surface area (Å²) in [4.78, 5) is 11.2. The van der Waals surface area contributed by atoms with Crippen LogP contribution in [0.5, 0.6) is 0 Å². The zero-order chi connectivity index (χ0) is 16.4. The summed E-state index contributed by atoms with van der Waals surface area (Å²) >= 11 is 0. The Bertz CT molecular complexity index is 857. The van der Waals surface area contributed by atoms with Gasteiger partial charge in [-0.1, -0.05) is 18.2 Å². The number of amides is 1. The molecule has 1 aromatic heterocycles. The standard InChI is InChI=1S/C18H18N4O/c1-11(2)20-15-6-3-12(4-7-15)13-5-8-16-14(9-13)10-17(18(19)23)22-21-16/h3-11,20H,1-2H3,(H2,19,23). The van der Waals surface area contributed by atoms with Crippen molar-refractivity contribution < 1.29 is 4.79 Å². The van der Waals surface area contributed by atoms with Gasteiger partial charge in [-0.3, -0.25) is 4.79 Å². The van der Waals surface area contributed by atoms with Gasteiger partial charge in [0.2, 0.25) is 0 Å². The Labute approximate surface area is 134 Å². The van der Waals surface area contributed by atoms with Gasteiger partial charge in [-0.2, -0.15) is 0 Å². The molecule has 3 N–H and O–H groups in total. The minimum atomic E-state index is -0.575. The Morgan fingerprint density at radius 3 is 2.35 bits per heavy atom. The SMILES string of the molecule is CC(C)Nc1ccc(-c2ccc3nnc(C(N)=O)cc3c2)cc1. The molecule has 0 fully saturated rings. The number of fused-ring (bicyclic) bond motifs is 1. The highest BCUT2D eigenvalue weighted by molar-refractivity contribution is 5.95. The molecule has 0 aliphatic carbocycles. The van der Waals surface area contributed by atoms with Gasteiger partial charge in [-0.05, 0) is 55.3 Å². The van der Waals surface area contributed by atoms with Gasteiger partial charge >= 0.3 is 0 Å². The highest BCUT2D eigenvalue weighted by atomic mass is 16.1. The van der Waals surface area contributed by atoms with Crippen LogP contribution in [-0.4, -0.2) is 22.1 Å². The first-order valence-corrected chi connectivity index (χ1v) is 7.47. The fourth-order valence-electron chi connectivity index (χ4n) is 2.44. The van der Waals surface area contributed by atoms with Crippen molar-refractivity contribution in [2.24, 2.45) is 5.73 Å². The lowest BCUT2D eigenvalue weighted by Crippen LogP contribution is -2.13. The lowest BCUT2D eigenvalue weighted by molar-refractivity contribution is 0.0995. The van der Waals surface area contributed by atoms with E-state index in [1.165, 1.54) is 0 Å². The van der Waals surface area contributed by atoms with Crippen LogP contribution in [0.25, 0.3) is 22.0 Å². The Kier molecular flexibility index (Phi) is 3.93. The summed E-state index contributed by atoms with van der Waals surface area (Å²) in [5.41, 5.74) is 9.41. The summed E-state index contributed by atoms with van der Waals surface area (Å²) in [5.74, 6) is -0.575. The van der Waals surface area contributed by atoms with Crippen molar-refractivity contribution in [2.45, 2.75) is 19.9 Å². The minimum Gasteiger partial charge on any atom is -0.383 e. The van der Waals surface area contributed by atoms with Gasteiger partial charge in [0.05, 0.1) is 5.52 Å². The van der Waals surface area contributed by atoms with Gasteiger partial charge in [0.15, 0.2) is 5.69 Å². The van der Waals surface area contributed by atoms with Gasteiger partial charge in [0.25, 0.3) is 5.91 Å². The van der Waals surface area contributed by atoms with E-state index in [4.69, 9.17) is 5.73 Å². The van der Waals surface area contributed by atoms with E-state index in [0.29, 0.717) is 6.04 Å². The van der Waals surface area contributed by atoms with Gasteiger partial charge in [0.1, 0.15) is 0 Å². The number of carbonyl (C=O) groups excluding carboxylic acids is 1. The number of nitrogens with two attached hydrogens (primary N) is 1. The summed E-state index contributed by atoms with van der Waals surface area (Å²) in [6, 6.07) is 16.2. The lowest BCUT2D eigenvalue weighted by atomic mass is 10.0. The molecule has 0 saturated carbocycles. The second-order valence-electron chi connectivity index (χ2n) is 5.74. The van der Waals surface area contributed by atoms with Crippen LogP contribution in [0.4, 0.5) is 5.69 Å². The first-order valence-electron chi connectivity index (χ1n) is 7.47. The van der Waals surface area contributed by atoms with Crippen molar-refractivity contribution in [3.8, 4) is 11.1 Å². The molecule has 5 heteroatoms. The average Bonchev–Trinajstić information content (AvgIpc) is 2.54. The van der Waals surface area contributed by atoms with Crippen molar-refractivity contribution in [1.82, 2.24) is 10.2 Å². The molecule has 2 aromatic carbocycles. The summed E-state index contributed by atoms with van der Waals surface area (Å²) < 4.78 is 0. The monoisotopic (exact) mass is 306 g/mol. The number of rotatable bonds is 4. The van der Waals surface area contributed by atoms with E-state index < -0.39 is 5.91 Å². The van der Waals surface area contributed by atoms with E-state index in [-0.39, 0.29) is 5.69 Å². The number of anilines is 1. The van der Waals surface area contributed by atoms with Crippen LogP contribution in [0.2, 0.25) is 0 Å². The number of aromatic nitrogens is 2. The van der Waals surface area contributed by atoms with E-state index in [1.807, 2.05) is 18.2 Å². The van der Waals surface area contributed by atoms with Crippen LogP contribution in [0.3, 0.4) is 0 Å². The summed E-state index contributed by atoms with van der Waals surface area (Å²) in [6.07, 6.45) is 0. The maximum atomic E-state index is 11.2. The van der Waals surface area contributed by atoms with Gasteiger partial charge in [-0.25, -0.2) is 0 Å². The Hall–Kier alpha value is -2.95. The molecule has 3 rings (SSSR count). The molecule has 0 atom stereocenters. The maximum absolute atomic E-state index is 11.2. The van der Waals surface area contributed by atoms with Crippen LogP contribution in [0.15, 0.2) is 48.5 Å². The summed E-state index contributed by atoms with van der Waals surface area (Å²) in [7, 11) is 0. The molecule has 1 amide bonds. The number of nitrogens with one attached hydrogen (secondary N) is 1. The van der Waals surface area contributed by atoms with Crippen molar-refractivity contribution in [2.75, 3.05) is 5.32 Å². The average molecular weight is 306 g/mol. The highest BCUT2D eigenvalue weighted by Crippen LogP contribution is 2.25. The predicted octanol–water partition coefficient (Wildman–Crippen LogP) is 3.22. The maximum Gasteiger partial charge on any atom is 0.269 e. The second-order valence-corrected chi connectivity index (χ2v) is 5.74. The van der Waals surface area contributed by atoms with Crippen LogP contribution in [0, 0.1) is 0 Å². The normalized spacial score (nSPS) is 10.9. The number of hydrogen-bond donors (Lipinski definition) is 2. The fourth-order valence-corrected chi connectivity index (χ4v) is 2.44. The van der Waals surface area contributed by atoms with Gasteiger partial charge in [0, 0.05) is 17.1 Å². The van der Waals surface area contributed by atoms with Crippen molar-refractivity contribution in [3.63, 3.8) is 0 Å². The number of carbonyl (C=O) groups is 1. The Balaban J connectivity index is 1.97. The zero-order valence-electron chi connectivity index (χ0n) is 13.1. The first-order chi connectivity index (χ1) is 11.0. The van der Waals surface area contributed by atoms with Crippen LogP contribution >= 0.6 is 0 Å². The zero-order valence-corrected chi connectivity index (χ0v) is 13.1. The topological polar surface area (TPSA) is 80.9 Å². The number of nitrogens with zero attached hydrogens (tertiary/aromatic N) is 2. The Morgan fingerprint density at radius 1 is 1.00 bits per heavy atom. The van der Waals surface area contributed by atoms with E-state index in [0.717, 1.165) is 27.7 Å². The smallest absolute Gasteiger partial charge is 0.269 e. The largest absolute Gasteiger partial charge is 0.383 e. The third kappa shape index (κ3) is 3.29. The number of primary amides is 1. The molecule has 0 aliphatic heterocycles. The predicted molar refractivity (Wildman–Crippen MR) is 92.3 cm³/mol. The third-order valence-electron chi connectivity index (χ3n) is 3.51. The minimum absolute atomic E-state index is 0.172. The van der Waals surface area contributed by atoms with Crippen molar-refractivity contribution in [1.29, 1.82) is 0 Å². The number of benzene rings is 2. The van der Waals surface area contributed by atoms with Crippen molar-refractivity contribution >= 4 is 22.5 Å². The highest BCUT2D eigenvalue weighted by Gasteiger charge is 2.06. The van der Waals surface area contributed by atoms with E-state index in [9.17, 15) is 4.79 Å².